The first-order valence-electron chi connectivity index (χ1n) is 9.97. The van der Waals surface area contributed by atoms with Gasteiger partial charge in [-0.05, 0) is 31.0 Å². The van der Waals surface area contributed by atoms with E-state index in [9.17, 15) is 4.79 Å². The van der Waals surface area contributed by atoms with Crippen molar-refractivity contribution in [1.82, 2.24) is 30.5 Å². The molecule has 0 aliphatic heterocycles. The number of hydrogen-bond acceptors (Lipinski definition) is 5. The summed E-state index contributed by atoms with van der Waals surface area (Å²) in [6.07, 6.45) is 8.77. The smallest absolute Gasteiger partial charge is 0.253 e. The second kappa shape index (κ2) is 8.36. The zero-order valence-corrected chi connectivity index (χ0v) is 17.2. The van der Waals surface area contributed by atoms with Crippen molar-refractivity contribution >= 4 is 22.6 Å². The highest BCUT2D eigenvalue weighted by Gasteiger charge is 2.14. The molecule has 0 saturated carbocycles. The van der Waals surface area contributed by atoms with Gasteiger partial charge in [-0.15, -0.1) is 0 Å². The second-order valence-corrected chi connectivity index (χ2v) is 7.73. The lowest BCUT2D eigenvalue weighted by atomic mass is 10.0. The highest BCUT2D eigenvalue weighted by atomic mass is 16.1. The Morgan fingerprint density at radius 1 is 1.17 bits per heavy atom. The van der Waals surface area contributed by atoms with Crippen LogP contribution in [-0.4, -0.2) is 37.1 Å². The van der Waals surface area contributed by atoms with Crippen molar-refractivity contribution in [3.8, 4) is 11.1 Å². The van der Waals surface area contributed by atoms with Gasteiger partial charge < -0.3 is 15.6 Å². The summed E-state index contributed by atoms with van der Waals surface area (Å²) < 4.78 is 0. The van der Waals surface area contributed by atoms with Crippen LogP contribution in [-0.2, 0) is 6.54 Å². The average molecular weight is 403 g/mol. The average Bonchev–Trinajstić information content (AvgIpc) is 3.41. The predicted octanol–water partition coefficient (Wildman–Crippen LogP) is 3.73. The summed E-state index contributed by atoms with van der Waals surface area (Å²) in [6, 6.07) is 6.07. The molecule has 0 aromatic carbocycles. The van der Waals surface area contributed by atoms with Crippen molar-refractivity contribution in [2.75, 3.05) is 5.32 Å². The first kappa shape index (κ1) is 19.6. The van der Waals surface area contributed by atoms with E-state index in [1.807, 2.05) is 30.7 Å². The third kappa shape index (κ3) is 4.17. The Bertz CT molecular complexity index is 1150. The zero-order chi connectivity index (χ0) is 21.1. The Morgan fingerprint density at radius 2 is 2.03 bits per heavy atom. The number of fused-ring (bicyclic) bond motifs is 1. The highest BCUT2D eigenvalue weighted by molar-refractivity contribution is 6.01. The van der Waals surface area contributed by atoms with Gasteiger partial charge in [0.15, 0.2) is 0 Å². The summed E-state index contributed by atoms with van der Waals surface area (Å²) in [7, 11) is 0. The van der Waals surface area contributed by atoms with Crippen LogP contribution < -0.4 is 10.6 Å². The molecule has 8 nitrogen and oxygen atoms in total. The molecule has 8 heteroatoms. The fraction of sp³-hybridized carbons (Fsp3) is 0.273. The summed E-state index contributed by atoms with van der Waals surface area (Å²) in [5.41, 5.74) is 4.94. The van der Waals surface area contributed by atoms with E-state index in [2.05, 4.69) is 62.6 Å². The van der Waals surface area contributed by atoms with Crippen molar-refractivity contribution in [2.45, 2.75) is 33.4 Å². The summed E-state index contributed by atoms with van der Waals surface area (Å²) in [4.78, 5) is 24.6. The first-order chi connectivity index (χ1) is 14.5. The molecule has 0 fully saturated rings. The molecule has 0 radical (unpaired) electrons. The van der Waals surface area contributed by atoms with Crippen molar-refractivity contribution in [3.63, 3.8) is 0 Å². The summed E-state index contributed by atoms with van der Waals surface area (Å²) >= 11 is 0. The third-order valence-corrected chi connectivity index (χ3v) is 5.23. The van der Waals surface area contributed by atoms with Gasteiger partial charge in [0.1, 0.15) is 5.65 Å². The van der Waals surface area contributed by atoms with Gasteiger partial charge in [-0.3, -0.25) is 14.9 Å². The second-order valence-electron chi connectivity index (χ2n) is 7.73. The minimum absolute atomic E-state index is 0.189. The molecule has 0 aliphatic carbocycles. The summed E-state index contributed by atoms with van der Waals surface area (Å²) in [5.74, 6) is 0.319. The van der Waals surface area contributed by atoms with Crippen LogP contribution in [0.4, 0.5) is 5.69 Å². The predicted molar refractivity (Wildman–Crippen MR) is 117 cm³/mol. The Balaban J connectivity index is 1.59. The van der Waals surface area contributed by atoms with Gasteiger partial charge in [-0.1, -0.05) is 13.8 Å². The Kier molecular flexibility index (Phi) is 5.47. The third-order valence-electron chi connectivity index (χ3n) is 5.23. The molecule has 0 saturated heterocycles. The SMILES string of the molecule is CC(C)[C@H](C)Nc1cncc(-c2c[nH]c3ncc(C(=O)NCc4ccn[nH]4)cc23)c1. The fourth-order valence-electron chi connectivity index (χ4n) is 3.12. The number of H-pyrrole nitrogens is 2. The highest BCUT2D eigenvalue weighted by Crippen LogP contribution is 2.29. The lowest BCUT2D eigenvalue weighted by Gasteiger charge is -2.18. The largest absolute Gasteiger partial charge is 0.381 e. The molecule has 154 valence electrons. The molecule has 0 bridgehead atoms. The number of aromatic nitrogens is 5. The quantitative estimate of drug-likeness (QED) is 0.376. The van der Waals surface area contributed by atoms with E-state index >= 15 is 0 Å². The van der Waals surface area contributed by atoms with Crippen LogP contribution in [0, 0.1) is 5.92 Å². The normalized spacial score (nSPS) is 12.3. The van der Waals surface area contributed by atoms with Crippen LogP contribution in [0.2, 0.25) is 0 Å². The van der Waals surface area contributed by atoms with Gasteiger partial charge in [0.05, 0.1) is 23.5 Å². The van der Waals surface area contributed by atoms with E-state index in [0.717, 1.165) is 33.5 Å². The summed E-state index contributed by atoms with van der Waals surface area (Å²) in [5, 5.41) is 14.0. The zero-order valence-electron chi connectivity index (χ0n) is 17.2. The fourth-order valence-corrected chi connectivity index (χ4v) is 3.12. The molecule has 1 amide bonds. The maximum atomic E-state index is 12.6. The van der Waals surface area contributed by atoms with Crippen molar-refractivity contribution in [3.05, 3.63) is 60.4 Å². The standard InChI is InChI=1S/C22H25N7O/c1-13(2)14(3)28-18-6-15(8-23-10-18)20-12-25-21-19(20)7-16(9-24-21)22(30)26-11-17-4-5-27-29-17/h4-10,12-14,28H,11H2,1-3H3,(H,24,25)(H,26,30)(H,27,29)/t14-/m0/s1. The number of aromatic amines is 2. The van der Waals surface area contributed by atoms with E-state index in [1.165, 1.54) is 0 Å². The molecular formula is C22H25N7O. The minimum atomic E-state index is -0.189. The van der Waals surface area contributed by atoms with E-state index in [-0.39, 0.29) is 5.91 Å². The lowest BCUT2D eigenvalue weighted by molar-refractivity contribution is 0.0950. The van der Waals surface area contributed by atoms with Crippen LogP contribution in [0.1, 0.15) is 36.8 Å². The van der Waals surface area contributed by atoms with Gasteiger partial charge >= 0.3 is 0 Å². The summed E-state index contributed by atoms with van der Waals surface area (Å²) in [6.45, 7) is 6.89. The van der Waals surface area contributed by atoms with Gasteiger partial charge in [0.2, 0.25) is 0 Å². The van der Waals surface area contributed by atoms with E-state index in [4.69, 9.17) is 0 Å². The van der Waals surface area contributed by atoms with Gasteiger partial charge in [0, 0.05) is 53.5 Å². The number of nitrogens with one attached hydrogen (secondary N) is 4. The van der Waals surface area contributed by atoms with E-state index < -0.39 is 0 Å². The molecule has 4 rings (SSSR count). The topological polar surface area (TPSA) is 111 Å². The van der Waals surface area contributed by atoms with Crippen LogP contribution in [0.15, 0.2) is 49.2 Å². The Morgan fingerprint density at radius 3 is 2.80 bits per heavy atom. The lowest BCUT2D eigenvalue weighted by Crippen LogP contribution is -2.23. The van der Waals surface area contributed by atoms with Crippen molar-refractivity contribution in [1.29, 1.82) is 0 Å². The molecule has 1 atom stereocenters. The minimum Gasteiger partial charge on any atom is -0.381 e. The molecule has 30 heavy (non-hydrogen) atoms. The van der Waals surface area contributed by atoms with E-state index in [1.54, 1.807) is 12.4 Å². The number of carbonyl (C=O) groups is 1. The molecule has 0 aliphatic rings. The molecule has 0 unspecified atom stereocenters. The van der Waals surface area contributed by atoms with Gasteiger partial charge in [-0.2, -0.15) is 5.10 Å². The number of nitrogens with zero attached hydrogens (tertiary/aromatic N) is 3. The Labute approximate surface area is 174 Å². The number of pyridine rings is 2. The Hall–Kier alpha value is -3.68. The number of rotatable bonds is 7. The maximum Gasteiger partial charge on any atom is 0.253 e. The van der Waals surface area contributed by atoms with Crippen LogP contribution >= 0.6 is 0 Å². The number of amides is 1. The van der Waals surface area contributed by atoms with E-state index in [0.29, 0.717) is 24.1 Å². The maximum absolute atomic E-state index is 12.6. The molecule has 4 N–H and O–H groups in total. The molecule has 0 spiro atoms. The van der Waals surface area contributed by atoms with Crippen molar-refractivity contribution in [2.24, 2.45) is 5.92 Å². The van der Waals surface area contributed by atoms with Gasteiger partial charge in [0.25, 0.3) is 5.91 Å². The number of hydrogen-bond donors (Lipinski definition) is 4. The van der Waals surface area contributed by atoms with Crippen LogP contribution in [0.5, 0.6) is 0 Å². The number of carbonyl (C=O) groups excluding carboxylic acids is 1. The number of anilines is 1. The monoisotopic (exact) mass is 403 g/mol. The molecule has 4 heterocycles. The van der Waals surface area contributed by atoms with Crippen molar-refractivity contribution < 1.29 is 4.79 Å². The first-order valence-corrected chi connectivity index (χ1v) is 9.97. The van der Waals surface area contributed by atoms with Crippen LogP contribution in [0.25, 0.3) is 22.2 Å². The van der Waals surface area contributed by atoms with Crippen LogP contribution in [0.3, 0.4) is 0 Å². The molecule has 4 aromatic rings. The molecule has 4 aromatic heterocycles. The van der Waals surface area contributed by atoms with Gasteiger partial charge in [-0.25, -0.2) is 4.98 Å². The molecular weight excluding hydrogens is 378 g/mol.